The Kier molecular flexibility index (Phi) is 6.47. The number of hydrogen-bond acceptors (Lipinski definition) is 0. The third-order valence-corrected chi connectivity index (χ3v) is 10.4. The van der Waals surface area contributed by atoms with Gasteiger partial charge in [0.1, 0.15) is 0 Å². The number of para-hydroxylation sites is 1. The molecule has 1 aromatic heterocycles. The highest BCUT2D eigenvalue weighted by molar-refractivity contribution is 6.25. The molecule has 0 amide bonds. The van der Waals surface area contributed by atoms with Crippen LogP contribution in [0.1, 0.15) is 5.56 Å². The van der Waals surface area contributed by atoms with Crippen LogP contribution >= 0.6 is 0 Å². The molecule has 0 N–H and O–H groups in total. The standard InChI is InChI=1S/C49H33N/c1-32-23-26-49-47(27-32)45-21-6-7-22-48(45)50(49)39-16-10-15-37(30-39)35-13-8-11-33(28-35)34-12-9-14-36(29-34)38-24-25-44-42-19-3-2-17-40(42)41-18-4-5-20-43(41)46(44)31-38/h2-31H,1H3. The minimum Gasteiger partial charge on any atom is -0.309 e. The number of hydrogen-bond donors (Lipinski definition) is 0. The Labute approximate surface area is 291 Å². The molecule has 0 radical (unpaired) electrons. The molecule has 10 rings (SSSR count). The highest BCUT2D eigenvalue weighted by atomic mass is 15.0. The third-order valence-electron chi connectivity index (χ3n) is 10.4. The maximum absolute atomic E-state index is 2.40. The Hall–Kier alpha value is -6.44. The molecule has 0 atom stereocenters. The molecule has 9 aromatic carbocycles. The van der Waals surface area contributed by atoms with E-state index in [9.17, 15) is 0 Å². The van der Waals surface area contributed by atoms with Crippen molar-refractivity contribution < 1.29 is 0 Å². The van der Waals surface area contributed by atoms with E-state index in [1.54, 1.807) is 0 Å². The van der Waals surface area contributed by atoms with Crippen molar-refractivity contribution in [3.05, 3.63) is 188 Å². The lowest BCUT2D eigenvalue weighted by atomic mass is 9.91. The zero-order chi connectivity index (χ0) is 33.2. The van der Waals surface area contributed by atoms with Crippen molar-refractivity contribution in [1.29, 1.82) is 0 Å². The van der Waals surface area contributed by atoms with Crippen LogP contribution in [0.25, 0.3) is 93.2 Å². The van der Waals surface area contributed by atoms with E-state index < -0.39 is 0 Å². The van der Waals surface area contributed by atoms with Crippen LogP contribution in [0.15, 0.2) is 182 Å². The van der Waals surface area contributed by atoms with E-state index in [0.717, 1.165) is 0 Å². The summed E-state index contributed by atoms with van der Waals surface area (Å²) in [5.74, 6) is 0. The fourth-order valence-electron chi connectivity index (χ4n) is 8.03. The largest absolute Gasteiger partial charge is 0.309 e. The normalized spacial score (nSPS) is 11.7. The summed E-state index contributed by atoms with van der Waals surface area (Å²) in [6, 6.07) is 66.9. The minimum atomic E-state index is 1.17. The molecule has 50 heavy (non-hydrogen) atoms. The van der Waals surface area contributed by atoms with E-state index in [4.69, 9.17) is 0 Å². The summed E-state index contributed by atoms with van der Waals surface area (Å²) in [4.78, 5) is 0. The zero-order valence-corrected chi connectivity index (χ0v) is 27.8. The van der Waals surface area contributed by atoms with Gasteiger partial charge in [0.2, 0.25) is 0 Å². The highest BCUT2D eigenvalue weighted by Gasteiger charge is 2.14. The van der Waals surface area contributed by atoms with E-state index in [1.807, 2.05) is 0 Å². The molecule has 0 aliphatic rings. The molecular weight excluding hydrogens is 603 g/mol. The summed E-state index contributed by atoms with van der Waals surface area (Å²) in [5.41, 5.74) is 12.2. The van der Waals surface area contributed by atoms with Crippen molar-refractivity contribution >= 4 is 54.1 Å². The van der Waals surface area contributed by atoms with E-state index >= 15 is 0 Å². The van der Waals surface area contributed by atoms with Gasteiger partial charge in [0, 0.05) is 16.5 Å². The summed E-state index contributed by atoms with van der Waals surface area (Å²) in [6.45, 7) is 2.17. The number of aromatic nitrogens is 1. The Bertz CT molecular complexity index is 2910. The third kappa shape index (κ3) is 4.55. The van der Waals surface area contributed by atoms with Gasteiger partial charge < -0.3 is 4.57 Å². The first-order valence-corrected chi connectivity index (χ1v) is 17.3. The molecule has 0 saturated carbocycles. The fourth-order valence-corrected chi connectivity index (χ4v) is 8.03. The van der Waals surface area contributed by atoms with Gasteiger partial charge in [0.15, 0.2) is 0 Å². The number of rotatable bonds is 4. The number of aryl methyl sites for hydroxylation is 1. The monoisotopic (exact) mass is 635 g/mol. The van der Waals surface area contributed by atoms with Crippen LogP contribution in [0.3, 0.4) is 0 Å². The van der Waals surface area contributed by atoms with Crippen molar-refractivity contribution in [3.8, 4) is 39.1 Å². The van der Waals surface area contributed by atoms with Crippen LogP contribution in [0, 0.1) is 6.92 Å². The van der Waals surface area contributed by atoms with Gasteiger partial charge in [0.05, 0.1) is 11.0 Å². The summed E-state index contributed by atoms with van der Waals surface area (Å²) < 4.78 is 2.40. The Morgan fingerprint density at radius 3 is 1.36 bits per heavy atom. The van der Waals surface area contributed by atoms with Gasteiger partial charge in [-0.15, -0.1) is 0 Å². The summed E-state index contributed by atoms with van der Waals surface area (Å²) in [6.07, 6.45) is 0. The van der Waals surface area contributed by atoms with Gasteiger partial charge in [-0.3, -0.25) is 0 Å². The second kappa shape index (κ2) is 11.3. The van der Waals surface area contributed by atoms with E-state index in [2.05, 4.69) is 193 Å². The van der Waals surface area contributed by atoms with E-state index in [-0.39, 0.29) is 0 Å². The van der Waals surface area contributed by atoms with Crippen LogP contribution in [-0.2, 0) is 0 Å². The van der Waals surface area contributed by atoms with Crippen molar-refractivity contribution in [1.82, 2.24) is 4.57 Å². The van der Waals surface area contributed by atoms with Crippen LogP contribution < -0.4 is 0 Å². The predicted molar refractivity (Wildman–Crippen MR) is 214 cm³/mol. The molecule has 0 aliphatic heterocycles. The maximum atomic E-state index is 2.40. The molecule has 0 spiro atoms. The molecule has 0 fully saturated rings. The van der Waals surface area contributed by atoms with Crippen molar-refractivity contribution in [3.63, 3.8) is 0 Å². The summed E-state index contributed by atoms with van der Waals surface area (Å²) >= 11 is 0. The van der Waals surface area contributed by atoms with Gasteiger partial charge in [-0.25, -0.2) is 0 Å². The lowest BCUT2D eigenvalue weighted by Gasteiger charge is -2.13. The molecule has 0 aliphatic carbocycles. The molecule has 0 saturated heterocycles. The predicted octanol–water partition coefficient (Wildman–Crippen LogP) is 13.6. The number of benzene rings is 9. The van der Waals surface area contributed by atoms with E-state index in [1.165, 1.54) is 98.8 Å². The minimum absolute atomic E-state index is 1.17. The van der Waals surface area contributed by atoms with Crippen LogP contribution in [0.4, 0.5) is 0 Å². The number of nitrogens with zero attached hydrogens (tertiary/aromatic N) is 1. The summed E-state index contributed by atoms with van der Waals surface area (Å²) in [5, 5.41) is 10.4. The van der Waals surface area contributed by atoms with Gasteiger partial charge in [-0.1, -0.05) is 139 Å². The number of fused-ring (bicyclic) bond motifs is 9. The first-order valence-electron chi connectivity index (χ1n) is 17.3. The molecule has 1 nitrogen and oxygen atoms in total. The first-order chi connectivity index (χ1) is 24.7. The highest BCUT2D eigenvalue weighted by Crippen LogP contribution is 2.38. The average molecular weight is 636 g/mol. The van der Waals surface area contributed by atoms with Crippen molar-refractivity contribution in [2.75, 3.05) is 0 Å². The molecule has 234 valence electrons. The molecule has 10 aromatic rings. The topological polar surface area (TPSA) is 4.93 Å². The Balaban J connectivity index is 1.05. The average Bonchev–Trinajstić information content (AvgIpc) is 3.51. The maximum Gasteiger partial charge on any atom is 0.0541 e. The second-order valence-electron chi connectivity index (χ2n) is 13.4. The van der Waals surface area contributed by atoms with Crippen molar-refractivity contribution in [2.45, 2.75) is 6.92 Å². The summed E-state index contributed by atoms with van der Waals surface area (Å²) in [7, 11) is 0. The Morgan fingerprint density at radius 2 is 0.740 bits per heavy atom. The SMILES string of the molecule is Cc1ccc2c(c1)c1ccccc1n2-c1cccc(-c2cccc(-c3cccc(-c4ccc5c6ccccc6c6ccccc6c5c4)c3)c2)c1. The van der Waals surface area contributed by atoms with Crippen LogP contribution in [-0.4, -0.2) is 4.57 Å². The van der Waals surface area contributed by atoms with Crippen molar-refractivity contribution in [2.24, 2.45) is 0 Å². The molecule has 0 bridgehead atoms. The smallest absolute Gasteiger partial charge is 0.0541 e. The van der Waals surface area contributed by atoms with E-state index in [0.29, 0.717) is 0 Å². The lowest BCUT2D eigenvalue weighted by molar-refractivity contribution is 1.18. The molecule has 1 heterocycles. The first kappa shape index (κ1) is 28.6. The van der Waals surface area contributed by atoms with Crippen LogP contribution in [0.2, 0.25) is 0 Å². The molecule has 0 unspecified atom stereocenters. The fraction of sp³-hybridized carbons (Fsp3) is 0.0204. The molecule has 1 heteroatoms. The van der Waals surface area contributed by atoms with Gasteiger partial charge in [0.25, 0.3) is 0 Å². The van der Waals surface area contributed by atoms with Gasteiger partial charge >= 0.3 is 0 Å². The Morgan fingerprint density at radius 1 is 0.280 bits per heavy atom. The second-order valence-corrected chi connectivity index (χ2v) is 13.4. The zero-order valence-electron chi connectivity index (χ0n) is 27.8. The lowest BCUT2D eigenvalue weighted by Crippen LogP contribution is -1.94. The van der Waals surface area contributed by atoms with Gasteiger partial charge in [-0.2, -0.15) is 0 Å². The van der Waals surface area contributed by atoms with Crippen LogP contribution in [0.5, 0.6) is 0 Å². The molecular formula is C49H33N. The quantitative estimate of drug-likeness (QED) is 0.170. The van der Waals surface area contributed by atoms with Gasteiger partial charge in [-0.05, 0) is 121 Å².